The number of nitrogens with zero attached hydrogens (tertiary/aromatic N) is 5. The smallest absolute Gasteiger partial charge is 0.370 e. The van der Waals surface area contributed by atoms with Gasteiger partial charge in [-0.05, 0) is 56.5 Å². The number of hydrogen-bond donors (Lipinski definition) is 0. The average molecular weight is 443 g/mol. The number of alkyl halides is 3. The van der Waals surface area contributed by atoms with E-state index in [9.17, 15) is 13.2 Å². The fraction of sp³-hybridized carbons (Fsp3) is 0.478. The van der Waals surface area contributed by atoms with Gasteiger partial charge < -0.3 is 9.64 Å². The van der Waals surface area contributed by atoms with Crippen LogP contribution < -0.4 is 4.90 Å². The molecular formula is C23H24F3N5O. The van der Waals surface area contributed by atoms with E-state index in [4.69, 9.17) is 9.72 Å². The van der Waals surface area contributed by atoms with E-state index in [2.05, 4.69) is 15.0 Å². The lowest BCUT2D eigenvalue weighted by atomic mass is 9.72. The molecule has 0 bridgehead atoms. The van der Waals surface area contributed by atoms with Gasteiger partial charge in [0.25, 0.3) is 0 Å². The molecule has 168 valence electrons. The van der Waals surface area contributed by atoms with Gasteiger partial charge in [-0.25, -0.2) is 9.97 Å². The zero-order chi connectivity index (χ0) is 22.5. The number of hydrogen-bond acceptors (Lipinski definition) is 6. The zero-order valence-electron chi connectivity index (χ0n) is 17.9. The predicted molar refractivity (Wildman–Crippen MR) is 113 cm³/mol. The van der Waals surface area contributed by atoms with Crippen LogP contribution in [0.2, 0.25) is 0 Å². The third-order valence-electron chi connectivity index (χ3n) is 6.35. The molecule has 3 aromatic heterocycles. The van der Waals surface area contributed by atoms with E-state index >= 15 is 0 Å². The molecule has 9 heteroatoms. The first-order valence-electron chi connectivity index (χ1n) is 10.8. The van der Waals surface area contributed by atoms with E-state index in [1.54, 1.807) is 6.20 Å². The van der Waals surface area contributed by atoms with E-state index in [0.29, 0.717) is 37.0 Å². The van der Waals surface area contributed by atoms with E-state index in [1.165, 1.54) is 0 Å². The number of rotatable bonds is 3. The highest BCUT2D eigenvalue weighted by Gasteiger charge is 2.49. The maximum Gasteiger partial charge on any atom is 0.391 e. The second kappa shape index (κ2) is 7.95. The van der Waals surface area contributed by atoms with Crippen molar-refractivity contribution in [3.63, 3.8) is 0 Å². The number of pyridine rings is 2. The maximum atomic E-state index is 13.1. The highest BCUT2D eigenvalue weighted by atomic mass is 19.4. The van der Waals surface area contributed by atoms with Crippen molar-refractivity contribution in [2.75, 3.05) is 24.6 Å². The van der Waals surface area contributed by atoms with Gasteiger partial charge in [0.15, 0.2) is 5.65 Å². The standard InChI is InChI=1S/C23H24F3N5O/c1-13-3-4-18-20(16-10-17(11-16)23(24,25)26)29-22(30-21(18)28-13)31-7-8-32-19(12-31)15-5-6-27-14(2)9-15/h3-6,9,16-17,19H,7-8,10-12H2,1-2H3/t16-,17-,19-/m1/s1. The second-order valence-electron chi connectivity index (χ2n) is 8.68. The number of fused-ring (bicyclic) bond motifs is 1. The number of halogens is 3. The molecule has 1 aliphatic heterocycles. The molecular weight excluding hydrogens is 419 g/mol. The predicted octanol–water partition coefficient (Wildman–Crippen LogP) is 4.67. The normalized spacial score (nSPS) is 23.9. The van der Waals surface area contributed by atoms with E-state index in [-0.39, 0.29) is 24.9 Å². The van der Waals surface area contributed by atoms with Gasteiger partial charge in [-0.15, -0.1) is 0 Å². The molecule has 0 unspecified atom stereocenters. The van der Waals surface area contributed by atoms with Gasteiger partial charge >= 0.3 is 6.18 Å². The summed E-state index contributed by atoms with van der Waals surface area (Å²) in [5, 5.41) is 0.736. The Balaban J connectivity index is 1.47. The largest absolute Gasteiger partial charge is 0.391 e. The molecule has 1 aliphatic carbocycles. The highest BCUT2D eigenvalue weighted by molar-refractivity contribution is 5.79. The molecule has 1 atom stereocenters. The second-order valence-corrected chi connectivity index (χ2v) is 8.68. The molecule has 2 aliphatic rings. The lowest BCUT2D eigenvalue weighted by Gasteiger charge is -2.37. The Hall–Kier alpha value is -2.81. The maximum absolute atomic E-state index is 13.1. The van der Waals surface area contributed by atoms with Crippen LogP contribution in [0.4, 0.5) is 19.1 Å². The first-order valence-corrected chi connectivity index (χ1v) is 10.8. The quantitative estimate of drug-likeness (QED) is 0.586. The minimum absolute atomic E-state index is 0.0605. The van der Waals surface area contributed by atoms with Gasteiger partial charge in [0.05, 0.1) is 24.8 Å². The lowest BCUT2D eigenvalue weighted by molar-refractivity contribution is -0.197. The Morgan fingerprint density at radius 1 is 1.03 bits per heavy atom. The van der Waals surface area contributed by atoms with Gasteiger partial charge in [-0.1, -0.05) is 0 Å². The fourth-order valence-corrected chi connectivity index (χ4v) is 4.48. The summed E-state index contributed by atoms with van der Waals surface area (Å²) in [6, 6.07) is 7.66. The molecule has 1 saturated heterocycles. The van der Waals surface area contributed by atoms with E-state index in [0.717, 1.165) is 22.3 Å². The third kappa shape index (κ3) is 4.01. The van der Waals surface area contributed by atoms with Crippen LogP contribution in [0.1, 0.15) is 47.5 Å². The van der Waals surface area contributed by atoms with Crippen molar-refractivity contribution >= 4 is 17.0 Å². The third-order valence-corrected chi connectivity index (χ3v) is 6.35. The SMILES string of the molecule is Cc1cc([C@H]2CN(c3nc4nc(C)ccc4c([C@H]4C[C@H](C(F)(F)F)C4)n3)CCO2)ccn1. The lowest BCUT2D eigenvalue weighted by Crippen LogP contribution is -2.40. The van der Waals surface area contributed by atoms with Gasteiger partial charge in [0.1, 0.15) is 6.10 Å². The minimum Gasteiger partial charge on any atom is -0.370 e. The summed E-state index contributed by atoms with van der Waals surface area (Å²) in [5.41, 5.74) is 3.95. The molecule has 0 radical (unpaired) electrons. The number of aryl methyl sites for hydroxylation is 2. The van der Waals surface area contributed by atoms with Crippen LogP contribution >= 0.6 is 0 Å². The van der Waals surface area contributed by atoms with Gasteiger partial charge in [0, 0.05) is 35.4 Å². The number of aromatic nitrogens is 4. The van der Waals surface area contributed by atoms with Crippen molar-refractivity contribution in [3.05, 3.63) is 53.1 Å². The molecule has 3 aromatic rings. The molecule has 0 spiro atoms. The molecule has 1 saturated carbocycles. The Morgan fingerprint density at radius 2 is 1.84 bits per heavy atom. The summed E-state index contributed by atoms with van der Waals surface area (Å²) >= 11 is 0. The first kappa shape index (κ1) is 21.1. The Bertz CT molecular complexity index is 1150. The number of anilines is 1. The van der Waals surface area contributed by atoms with Crippen LogP contribution in [-0.2, 0) is 4.74 Å². The van der Waals surface area contributed by atoms with Gasteiger partial charge in [-0.2, -0.15) is 18.2 Å². The molecule has 0 aromatic carbocycles. The zero-order valence-corrected chi connectivity index (χ0v) is 17.9. The van der Waals surface area contributed by atoms with Gasteiger partial charge in [-0.3, -0.25) is 4.98 Å². The monoisotopic (exact) mass is 443 g/mol. The van der Waals surface area contributed by atoms with Crippen LogP contribution in [0.3, 0.4) is 0 Å². The summed E-state index contributed by atoms with van der Waals surface area (Å²) in [6.07, 6.45) is -2.43. The molecule has 32 heavy (non-hydrogen) atoms. The van der Waals surface area contributed by atoms with Crippen molar-refractivity contribution in [2.45, 2.75) is 44.9 Å². The summed E-state index contributed by atoms with van der Waals surface area (Å²) in [7, 11) is 0. The van der Waals surface area contributed by atoms with Crippen molar-refractivity contribution in [1.29, 1.82) is 0 Å². The Labute approximate surface area is 183 Å². The Kier molecular flexibility index (Phi) is 5.23. The van der Waals surface area contributed by atoms with Crippen LogP contribution in [-0.4, -0.2) is 45.8 Å². The first-order chi connectivity index (χ1) is 15.3. The van der Waals surface area contributed by atoms with E-state index < -0.39 is 12.1 Å². The molecule has 0 amide bonds. The van der Waals surface area contributed by atoms with Gasteiger partial charge in [0.2, 0.25) is 5.95 Å². The topological polar surface area (TPSA) is 64.0 Å². The summed E-state index contributed by atoms with van der Waals surface area (Å²) in [4.78, 5) is 20.3. The molecule has 5 rings (SSSR count). The summed E-state index contributed by atoms with van der Waals surface area (Å²) < 4.78 is 45.2. The van der Waals surface area contributed by atoms with E-state index in [1.807, 2.05) is 43.0 Å². The average Bonchev–Trinajstić information content (AvgIpc) is 2.71. The molecule has 6 nitrogen and oxygen atoms in total. The van der Waals surface area contributed by atoms with Crippen LogP contribution in [0.25, 0.3) is 11.0 Å². The van der Waals surface area contributed by atoms with Crippen LogP contribution in [0, 0.1) is 19.8 Å². The van der Waals surface area contributed by atoms with Crippen molar-refractivity contribution in [1.82, 2.24) is 19.9 Å². The van der Waals surface area contributed by atoms with Crippen molar-refractivity contribution in [2.24, 2.45) is 5.92 Å². The summed E-state index contributed by atoms with van der Waals surface area (Å²) in [6.45, 7) is 5.47. The summed E-state index contributed by atoms with van der Waals surface area (Å²) in [5.74, 6) is -1.00. The van der Waals surface area contributed by atoms with Crippen LogP contribution in [0.15, 0.2) is 30.5 Å². The highest BCUT2D eigenvalue weighted by Crippen LogP contribution is 2.50. The number of ether oxygens (including phenoxy) is 1. The fourth-order valence-electron chi connectivity index (χ4n) is 4.48. The Morgan fingerprint density at radius 3 is 2.59 bits per heavy atom. The van der Waals surface area contributed by atoms with Crippen LogP contribution in [0.5, 0.6) is 0 Å². The number of morpholine rings is 1. The van der Waals surface area contributed by atoms with Crippen molar-refractivity contribution in [3.8, 4) is 0 Å². The minimum atomic E-state index is -4.16. The molecule has 2 fully saturated rings. The molecule has 4 heterocycles. The molecule has 0 N–H and O–H groups in total. The van der Waals surface area contributed by atoms with Crippen molar-refractivity contribution < 1.29 is 17.9 Å².